The third-order valence-electron chi connectivity index (χ3n) is 7.21. The number of hydrogen-bond acceptors (Lipinski definition) is 3. The van der Waals surface area contributed by atoms with E-state index < -0.39 is 0 Å². The van der Waals surface area contributed by atoms with Crippen molar-refractivity contribution >= 4 is 11.6 Å². The molecule has 2 N–H and O–H groups in total. The first kappa shape index (κ1) is 21.7. The molecule has 2 aromatic carbocycles. The number of nitrogens with one attached hydrogen (secondary N) is 1. The van der Waals surface area contributed by atoms with Gasteiger partial charge in [-0.25, -0.2) is 0 Å². The van der Waals surface area contributed by atoms with Crippen LogP contribution in [-0.2, 0) is 13.0 Å². The van der Waals surface area contributed by atoms with Gasteiger partial charge in [-0.1, -0.05) is 55.1 Å². The van der Waals surface area contributed by atoms with Crippen molar-refractivity contribution in [1.29, 1.82) is 0 Å². The number of phenols is 1. The first-order valence-corrected chi connectivity index (χ1v) is 11.9. The largest absolute Gasteiger partial charge is 0.506 e. The molecule has 2 aromatic rings. The van der Waals surface area contributed by atoms with Crippen molar-refractivity contribution in [2.24, 2.45) is 5.92 Å². The SMILES string of the molecule is C[C@@H](NCc1ccc([C@H]2CN(C)CCc3cc(Cl)c(O)cc32)cc1)C1CCCCC1. The van der Waals surface area contributed by atoms with Gasteiger partial charge in [0.05, 0.1) is 5.02 Å². The summed E-state index contributed by atoms with van der Waals surface area (Å²) in [4.78, 5) is 2.37. The fourth-order valence-corrected chi connectivity index (χ4v) is 5.39. The molecule has 4 heteroatoms. The van der Waals surface area contributed by atoms with E-state index in [2.05, 4.69) is 48.5 Å². The molecule has 0 amide bonds. The van der Waals surface area contributed by atoms with Gasteiger partial charge in [0.1, 0.15) is 5.75 Å². The maximum Gasteiger partial charge on any atom is 0.134 e. The minimum absolute atomic E-state index is 0.183. The Hall–Kier alpha value is -1.55. The molecule has 0 saturated heterocycles. The number of hydrogen-bond donors (Lipinski definition) is 2. The molecule has 2 aliphatic rings. The zero-order chi connectivity index (χ0) is 21.1. The van der Waals surface area contributed by atoms with Crippen LogP contribution < -0.4 is 5.32 Å². The number of aromatic hydroxyl groups is 1. The van der Waals surface area contributed by atoms with Crippen molar-refractivity contribution in [2.75, 3.05) is 20.1 Å². The molecule has 1 aliphatic heterocycles. The highest BCUT2D eigenvalue weighted by molar-refractivity contribution is 6.32. The molecule has 0 unspecified atom stereocenters. The fraction of sp³-hybridized carbons (Fsp3) is 0.538. The van der Waals surface area contributed by atoms with Crippen LogP contribution in [0.3, 0.4) is 0 Å². The van der Waals surface area contributed by atoms with E-state index in [1.54, 1.807) is 0 Å². The Bertz CT molecular complexity index is 845. The number of phenolic OH excluding ortho intramolecular Hbond substituents is 1. The molecule has 30 heavy (non-hydrogen) atoms. The Balaban J connectivity index is 1.47. The zero-order valence-electron chi connectivity index (χ0n) is 18.3. The van der Waals surface area contributed by atoms with Crippen LogP contribution in [0.1, 0.15) is 67.2 Å². The van der Waals surface area contributed by atoms with Crippen molar-refractivity contribution in [3.63, 3.8) is 0 Å². The van der Waals surface area contributed by atoms with Gasteiger partial charge in [-0.05, 0) is 73.5 Å². The van der Waals surface area contributed by atoms with E-state index >= 15 is 0 Å². The summed E-state index contributed by atoms with van der Waals surface area (Å²) in [5.74, 6) is 1.26. The van der Waals surface area contributed by atoms with E-state index in [-0.39, 0.29) is 11.7 Å². The molecule has 162 valence electrons. The Labute approximate surface area is 186 Å². The van der Waals surface area contributed by atoms with E-state index in [1.165, 1.54) is 54.4 Å². The Kier molecular flexibility index (Phi) is 7.02. The lowest BCUT2D eigenvalue weighted by atomic mass is 9.84. The van der Waals surface area contributed by atoms with Gasteiger partial charge in [0.15, 0.2) is 0 Å². The number of fused-ring (bicyclic) bond motifs is 1. The third-order valence-corrected chi connectivity index (χ3v) is 7.51. The van der Waals surface area contributed by atoms with Crippen LogP contribution in [0.5, 0.6) is 5.75 Å². The zero-order valence-corrected chi connectivity index (χ0v) is 19.1. The lowest BCUT2D eigenvalue weighted by Gasteiger charge is -2.28. The second-order valence-corrected chi connectivity index (χ2v) is 9.78. The first-order valence-electron chi connectivity index (χ1n) is 11.5. The quantitative estimate of drug-likeness (QED) is 0.641. The Morgan fingerprint density at radius 2 is 1.87 bits per heavy atom. The molecular formula is C26H35ClN2O. The Morgan fingerprint density at radius 1 is 1.13 bits per heavy atom. The predicted octanol–water partition coefficient (Wildman–Crippen LogP) is 5.72. The van der Waals surface area contributed by atoms with Gasteiger partial charge in [-0.2, -0.15) is 0 Å². The van der Waals surface area contributed by atoms with Gasteiger partial charge in [-0.3, -0.25) is 0 Å². The Morgan fingerprint density at radius 3 is 2.60 bits per heavy atom. The molecular weight excluding hydrogens is 392 g/mol. The van der Waals surface area contributed by atoms with E-state index in [0.29, 0.717) is 11.1 Å². The van der Waals surface area contributed by atoms with E-state index in [0.717, 1.165) is 32.0 Å². The molecule has 1 heterocycles. The highest BCUT2D eigenvalue weighted by Crippen LogP contribution is 2.36. The van der Waals surface area contributed by atoms with Gasteiger partial charge in [0.25, 0.3) is 0 Å². The van der Waals surface area contributed by atoms with Gasteiger partial charge < -0.3 is 15.3 Å². The van der Waals surface area contributed by atoms with E-state index in [4.69, 9.17) is 11.6 Å². The molecule has 1 fully saturated rings. The number of likely N-dealkylation sites (N-methyl/N-ethyl adjacent to an activating group) is 1. The van der Waals surface area contributed by atoms with Crippen molar-refractivity contribution in [3.05, 3.63) is 63.7 Å². The van der Waals surface area contributed by atoms with Crippen molar-refractivity contribution < 1.29 is 5.11 Å². The van der Waals surface area contributed by atoms with Crippen LogP contribution in [-0.4, -0.2) is 36.2 Å². The molecule has 1 aliphatic carbocycles. The van der Waals surface area contributed by atoms with Crippen molar-refractivity contribution in [1.82, 2.24) is 10.2 Å². The van der Waals surface area contributed by atoms with Crippen LogP contribution in [0.15, 0.2) is 36.4 Å². The fourth-order valence-electron chi connectivity index (χ4n) is 5.21. The maximum absolute atomic E-state index is 10.2. The van der Waals surface area contributed by atoms with Gasteiger partial charge >= 0.3 is 0 Å². The van der Waals surface area contributed by atoms with E-state index in [1.807, 2.05) is 12.1 Å². The van der Waals surface area contributed by atoms with Crippen LogP contribution in [0.2, 0.25) is 5.02 Å². The molecule has 1 saturated carbocycles. The lowest BCUT2D eigenvalue weighted by Crippen LogP contribution is -2.34. The van der Waals surface area contributed by atoms with Crippen LogP contribution in [0.4, 0.5) is 0 Å². The summed E-state index contributed by atoms with van der Waals surface area (Å²) in [6.45, 7) is 5.23. The first-order chi connectivity index (χ1) is 14.5. The minimum Gasteiger partial charge on any atom is -0.506 e. The molecule has 0 radical (unpaired) electrons. The highest BCUT2D eigenvalue weighted by Gasteiger charge is 2.24. The average molecular weight is 427 g/mol. The highest BCUT2D eigenvalue weighted by atomic mass is 35.5. The second-order valence-electron chi connectivity index (χ2n) is 9.38. The number of nitrogens with zero attached hydrogens (tertiary/aromatic N) is 1. The lowest BCUT2D eigenvalue weighted by molar-refractivity contribution is 0.280. The minimum atomic E-state index is 0.183. The van der Waals surface area contributed by atoms with Crippen LogP contribution >= 0.6 is 11.6 Å². The summed E-state index contributed by atoms with van der Waals surface area (Å²) in [5.41, 5.74) is 5.09. The second kappa shape index (κ2) is 9.72. The van der Waals surface area contributed by atoms with Crippen LogP contribution in [0, 0.1) is 5.92 Å². The normalized spacial score (nSPS) is 21.8. The van der Waals surface area contributed by atoms with Gasteiger partial charge in [0, 0.05) is 31.6 Å². The third kappa shape index (κ3) is 5.01. The molecule has 4 rings (SSSR count). The van der Waals surface area contributed by atoms with Gasteiger partial charge in [0.2, 0.25) is 0 Å². The molecule has 0 aromatic heterocycles. The van der Waals surface area contributed by atoms with Gasteiger partial charge in [-0.15, -0.1) is 0 Å². The molecule has 0 bridgehead atoms. The average Bonchev–Trinajstić information content (AvgIpc) is 2.92. The summed E-state index contributed by atoms with van der Waals surface area (Å²) in [7, 11) is 2.17. The number of benzene rings is 2. The van der Waals surface area contributed by atoms with Crippen molar-refractivity contribution in [3.8, 4) is 5.75 Å². The standard InChI is InChI=1S/C26H35ClN2O/c1-18(20-6-4-3-5-7-20)28-16-19-8-10-21(11-9-19)24-17-29(2)13-12-22-14-25(27)26(30)15-23(22)24/h8-11,14-15,18,20,24,28,30H,3-7,12-13,16-17H2,1-2H3/t18-,24-/m1/s1. The monoisotopic (exact) mass is 426 g/mol. The maximum atomic E-state index is 10.2. The number of rotatable bonds is 5. The summed E-state index contributed by atoms with van der Waals surface area (Å²) in [5, 5.41) is 14.4. The smallest absolute Gasteiger partial charge is 0.134 e. The summed E-state index contributed by atoms with van der Waals surface area (Å²) < 4.78 is 0. The van der Waals surface area contributed by atoms with Crippen molar-refractivity contribution in [2.45, 2.75) is 64.0 Å². The summed E-state index contributed by atoms with van der Waals surface area (Å²) in [6.07, 6.45) is 7.90. The molecule has 2 atom stereocenters. The summed E-state index contributed by atoms with van der Waals surface area (Å²) >= 11 is 6.20. The molecule has 0 spiro atoms. The number of halogens is 1. The predicted molar refractivity (Wildman–Crippen MR) is 125 cm³/mol. The van der Waals surface area contributed by atoms with E-state index in [9.17, 15) is 5.11 Å². The topological polar surface area (TPSA) is 35.5 Å². The summed E-state index contributed by atoms with van der Waals surface area (Å²) in [6, 6.07) is 13.5. The molecule has 3 nitrogen and oxygen atoms in total. The van der Waals surface area contributed by atoms with Crippen LogP contribution in [0.25, 0.3) is 0 Å².